The van der Waals surface area contributed by atoms with Crippen LogP contribution in [-0.4, -0.2) is 18.8 Å². The van der Waals surface area contributed by atoms with Gasteiger partial charge in [0.25, 0.3) is 0 Å². The first-order valence-corrected chi connectivity index (χ1v) is 8.27. The molecule has 0 saturated carbocycles. The Morgan fingerprint density at radius 1 is 1.33 bits per heavy atom. The number of methoxy groups -OCH3 is 1. The third-order valence-corrected chi connectivity index (χ3v) is 4.69. The number of anilines is 2. The lowest BCUT2D eigenvalue weighted by atomic mass is 10.3. The summed E-state index contributed by atoms with van der Waals surface area (Å²) in [5.74, 6) is 0.940. The normalized spacial score (nSPS) is 10.2. The average Bonchev–Trinajstić information content (AvgIpc) is 2.48. The van der Waals surface area contributed by atoms with Gasteiger partial charge in [-0.25, -0.2) is 0 Å². The zero-order chi connectivity index (χ0) is 15.2. The zero-order valence-electron chi connectivity index (χ0n) is 11.4. The topological polar surface area (TPSA) is 64.3 Å². The summed E-state index contributed by atoms with van der Waals surface area (Å²) in [6.45, 7) is 0. The summed E-state index contributed by atoms with van der Waals surface area (Å²) in [6.07, 6.45) is 0. The first-order valence-electron chi connectivity index (χ1n) is 6.21. The summed E-state index contributed by atoms with van der Waals surface area (Å²) in [5.41, 5.74) is 7.17. The Bertz CT molecular complexity index is 649. The fourth-order valence-electron chi connectivity index (χ4n) is 1.70. The highest BCUT2D eigenvalue weighted by Gasteiger charge is 2.09. The van der Waals surface area contributed by atoms with E-state index in [-0.39, 0.29) is 5.91 Å². The summed E-state index contributed by atoms with van der Waals surface area (Å²) in [4.78, 5) is 12.9. The van der Waals surface area contributed by atoms with Crippen molar-refractivity contribution in [1.29, 1.82) is 0 Å². The number of hydrogen-bond acceptors (Lipinski definition) is 4. The maximum absolute atomic E-state index is 12.0. The maximum Gasteiger partial charge on any atom is 0.234 e. The van der Waals surface area contributed by atoms with Crippen LogP contribution in [0, 0.1) is 3.57 Å². The first kappa shape index (κ1) is 16.0. The van der Waals surface area contributed by atoms with Crippen molar-refractivity contribution in [2.24, 2.45) is 0 Å². The van der Waals surface area contributed by atoms with Crippen LogP contribution >= 0.6 is 34.4 Å². The van der Waals surface area contributed by atoms with E-state index >= 15 is 0 Å². The number of nitrogens with one attached hydrogen (secondary N) is 1. The number of carbonyl (C=O) groups excluding carboxylic acids is 1. The van der Waals surface area contributed by atoms with Crippen molar-refractivity contribution in [2.75, 3.05) is 23.9 Å². The van der Waals surface area contributed by atoms with E-state index in [9.17, 15) is 4.79 Å². The number of hydrogen-bond donors (Lipinski definition) is 2. The van der Waals surface area contributed by atoms with Crippen molar-refractivity contribution in [3.8, 4) is 5.75 Å². The summed E-state index contributed by atoms with van der Waals surface area (Å²) in [6, 6.07) is 13.1. The number of benzene rings is 2. The fourth-order valence-corrected chi connectivity index (χ4v) is 3.03. The molecule has 0 radical (unpaired) electrons. The van der Waals surface area contributed by atoms with Gasteiger partial charge in [0.15, 0.2) is 0 Å². The highest BCUT2D eigenvalue weighted by Crippen LogP contribution is 2.31. The van der Waals surface area contributed by atoms with Crippen molar-refractivity contribution < 1.29 is 9.53 Å². The molecular formula is C15H15IN2O2S. The maximum atomic E-state index is 12.0. The highest BCUT2D eigenvalue weighted by molar-refractivity contribution is 14.1. The van der Waals surface area contributed by atoms with Crippen LogP contribution in [0.5, 0.6) is 5.75 Å². The second kappa shape index (κ2) is 7.56. The van der Waals surface area contributed by atoms with Crippen LogP contribution < -0.4 is 15.8 Å². The molecule has 2 aromatic carbocycles. The molecule has 1 amide bonds. The van der Waals surface area contributed by atoms with Crippen LogP contribution in [0.1, 0.15) is 0 Å². The fraction of sp³-hybridized carbons (Fsp3) is 0.133. The number of thioether (sulfide) groups is 1. The Morgan fingerprint density at radius 3 is 2.81 bits per heavy atom. The molecule has 110 valence electrons. The number of para-hydroxylation sites is 1. The number of nitrogen functional groups attached to an aromatic ring is 1. The minimum absolute atomic E-state index is 0.0528. The molecule has 3 N–H and O–H groups in total. The van der Waals surface area contributed by atoms with E-state index in [1.54, 1.807) is 19.2 Å². The van der Waals surface area contributed by atoms with E-state index in [0.29, 0.717) is 17.2 Å². The van der Waals surface area contributed by atoms with E-state index in [2.05, 4.69) is 27.9 Å². The molecule has 0 aliphatic carbocycles. The van der Waals surface area contributed by atoms with Crippen LogP contribution in [0.2, 0.25) is 0 Å². The van der Waals surface area contributed by atoms with E-state index in [1.807, 2.05) is 30.3 Å². The number of carbonyl (C=O) groups is 1. The van der Waals surface area contributed by atoms with Crippen molar-refractivity contribution in [3.05, 3.63) is 46.0 Å². The van der Waals surface area contributed by atoms with Gasteiger partial charge in [-0.3, -0.25) is 4.79 Å². The number of ether oxygens (including phenoxy) is 1. The number of rotatable bonds is 5. The molecule has 0 saturated heterocycles. The summed E-state index contributed by atoms with van der Waals surface area (Å²) >= 11 is 3.61. The average molecular weight is 414 g/mol. The molecular weight excluding hydrogens is 399 g/mol. The summed E-state index contributed by atoms with van der Waals surface area (Å²) in [7, 11) is 1.59. The predicted octanol–water partition coefficient (Wildman–Crippen LogP) is 3.61. The first-order chi connectivity index (χ1) is 10.1. The van der Waals surface area contributed by atoms with Crippen LogP contribution in [0.25, 0.3) is 0 Å². The van der Waals surface area contributed by atoms with Gasteiger partial charge < -0.3 is 15.8 Å². The second-order valence-corrected chi connectivity index (χ2v) is 6.41. The molecule has 0 bridgehead atoms. The molecule has 2 rings (SSSR count). The minimum Gasteiger partial charge on any atom is -0.496 e. The minimum atomic E-state index is -0.0528. The standard InChI is InChI=1S/C15H15IN2O2S/c1-20-13-8-10(17)6-7-14(13)21-9-15(19)18-12-5-3-2-4-11(12)16/h2-8H,9,17H2,1H3,(H,18,19). The molecule has 21 heavy (non-hydrogen) atoms. The van der Waals surface area contributed by atoms with Crippen molar-refractivity contribution in [3.63, 3.8) is 0 Å². The third-order valence-electron chi connectivity index (χ3n) is 2.69. The number of halogens is 1. The van der Waals surface area contributed by atoms with E-state index in [4.69, 9.17) is 10.5 Å². The van der Waals surface area contributed by atoms with Gasteiger partial charge in [-0.05, 0) is 46.9 Å². The molecule has 6 heteroatoms. The van der Waals surface area contributed by atoms with E-state index < -0.39 is 0 Å². The van der Waals surface area contributed by atoms with Gasteiger partial charge in [0.1, 0.15) is 5.75 Å². The predicted molar refractivity (Wildman–Crippen MR) is 95.9 cm³/mol. The van der Waals surface area contributed by atoms with Gasteiger partial charge in [-0.1, -0.05) is 12.1 Å². The second-order valence-electron chi connectivity index (χ2n) is 4.23. The van der Waals surface area contributed by atoms with E-state index in [0.717, 1.165) is 14.2 Å². The SMILES string of the molecule is COc1cc(N)ccc1SCC(=O)Nc1ccccc1I. The molecule has 0 heterocycles. The quantitative estimate of drug-likeness (QED) is 0.446. The zero-order valence-corrected chi connectivity index (χ0v) is 14.4. The van der Waals surface area contributed by atoms with Gasteiger partial charge >= 0.3 is 0 Å². The van der Waals surface area contributed by atoms with Crippen molar-refractivity contribution in [1.82, 2.24) is 0 Å². The number of amides is 1. The lowest BCUT2D eigenvalue weighted by molar-refractivity contribution is -0.113. The molecule has 0 unspecified atom stereocenters. The smallest absolute Gasteiger partial charge is 0.234 e. The highest BCUT2D eigenvalue weighted by atomic mass is 127. The molecule has 2 aromatic rings. The van der Waals surface area contributed by atoms with Crippen LogP contribution in [0.4, 0.5) is 11.4 Å². The summed E-state index contributed by atoms with van der Waals surface area (Å²) < 4.78 is 6.27. The van der Waals surface area contributed by atoms with Gasteiger partial charge in [0.05, 0.1) is 18.6 Å². The van der Waals surface area contributed by atoms with Gasteiger partial charge in [-0.2, -0.15) is 0 Å². The molecule has 0 aliphatic heterocycles. The van der Waals surface area contributed by atoms with Crippen LogP contribution in [0.15, 0.2) is 47.4 Å². The Hall–Kier alpha value is -1.41. The van der Waals surface area contributed by atoms with Gasteiger partial charge in [0.2, 0.25) is 5.91 Å². The Kier molecular flexibility index (Phi) is 5.75. The largest absolute Gasteiger partial charge is 0.496 e. The van der Waals surface area contributed by atoms with Gasteiger partial charge in [-0.15, -0.1) is 11.8 Å². The molecule has 0 aromatic heterocycles. The monoisotopic (exact) mass is 414 g/mol. The molecule has 0 spiro atoms. The van der Waals surface area contributed by atoms with Crippen LogP contribution in [0.3, 0.4) is 0 Å². The molecule has 4 nitrogen and oxygen atoms in total. The Morgan fingerprint density at radius 2 is 2.10 bits per heavy atom. The third kappa shape index (κ3) is 4.53. The van der Waals surface area contributed by atoms with Gasteiger partial charge in [0, 0.05) is 20.2 Å². The van der Waals surface area contributed by atoms with Crippen molar-refractivity contribution in [2.45, 2.75) is 4.90 Å². The lowest BCUT2D eigenvalue weighted by Crippen LogP contribution is -2.14. The Labute approximate surface area is 141 Å². The van der Waals surface area contributed by atoms with Crippen molar-refractivity contribution >= 4 is 51.6 Å². The lowest BCUT2D eigenvalue weighted by Gasteiger charge is -2.10. The number of nitrogens with two attached hydrogens (primary N) is 1. The molecule has 0 aliphatic rings. The Balaban J connectivity index is 1.97. The van der Waals surface area contributed by atoms with E-state index in [1.165, 1.54) is 11.8 Å². The molecule has 0 fully saturated rings. The summed E-state index contributed by atoms with van der Waals surface area (Å²) in [5, 5.41) is 2.90. The van der Waals surface area contributed by atoms with Crippen LogP contribution in [-0.2, 0) is 4.79 Å². The molecule has 0 atom stereocenters.